The number of amides is 1. The summed E-state index contributed by atoms with van der Waals surface area (Å²) >= 11 is 0. The highest BCUT2D eigenvalue weighted by molar-refractivity contribution is 5.73. The van der Waals surface area contributed by atoms with Gasteiger partial charge < -0.3 is 15.5 Å². The van der Waals surface area contributed by atoms with Crippen LogP contribution in [-0.4, -0.2) is 34.4 Å². The van der Waals surface area contributed by atoms with E-state index in [0.29, 0.717) is 11.8 Å². The third-order valence-corrected chi connectivity index (χ3v) is 9.12. The highest BCUT2D eigenvalue weighted by atomic mass is 16.3. The molecule has 0 spiro atoms. The number of carbonyl (C=O) groups excluding carboxylic acids is 1. The number of allylic oxidation sites excluding steroid dienone is 1. The molecule has 0 aliphatic heterocycles. The SMILES string of the molecule is C=C1CC[C@H]2C3[C@@H](O)[C@H](O)[C@H]4C[C@@H](NC(C)=O)CC[C@]4(C)[C@H]3CC[C@]12C. The monoisotopic (exact) mass is 361 g/mol. The van der Waals surface area contributed by atoms with Gasteiger partial charge in [0.1, 0.15) is 0 Å². The minimum absolute atomic E-state index is 0.000211. The van der Waals surface area contributed by atoms with Crippen LogP contribution >= 0.6 is 0 Å². The van der Waals surface area contributed by atoms with Crippen LogP contribution in [0.3, 0.4) is 0 Å². The molecule has 4 rings (SSSR count). The number of rotatable bonds is 1. The summed E-state index contributed by atoms with van der Waals surface area (Å²) in [6.45, 7) is 10.6. The summed E-state index contributed by atoms with van der Waals surface area (Å²) in [7, 11) is 0. The molecule has 0 aromatic carbocycles. The van der Waals surface area contributed by atoms with Crippen molar-refractivity contribution in [1.82, 2.24) is 5.32 Å². The Kier molecular flexibility index (Phi) is 4.31. The molecule has 4 fully saturated rings. The van der Waals surface area contributed by atoms with E-state index in [1.807, 2.05) is 0 Å². The van der Waals surface area contributed by atoms with Gasteiger partial charge >= 0.3 is 0 Å². The molecular formula is C22H35NO3. The highest BCUT2D eigenvalue weighted by Gasteiger charge is 2.63. The van der Waals surface area contributed by atoms with Gasteiger partial charge in [-0.2, -0.15) is 0 Å². The molecule has 0 bridgehead atoms. The summed E-state index contributed by atoms with van der Waals surface area (Å²) in [6.07, 6.45) is 5.92. The summed E-state index contributed by atoms with van der Waals surface area (Å²) in [5, 5.41) is 25.3. The Morgan fingerprint density at radius 2 is 1.81 bits per heavy atom. The third-order valence-electron chi connectivity index (χ3n) is 9.12. The molecule has 1 amide bonds. The molecular weight excluding hydrogens is 326 g/mol. The minimum Gasteiger partial charge on any atom is -0.390 e. The second-order valence-corrected chi connectivity index (χ2v) is 10.2. The van der Waals surface area contributed by atoms with Crippen LogP contribution in [0.2, 0.25) is 0 Å². The molecule has 4 nitrogen and oxygen atoms in total. The van der Waals surface area contributed by atoms with E-state index >= 15 is 0 Å². The molecule has 4 aliphatic carbocycles. The Morgan fingerprint density at radius 1 is 1.08 bits per heavy atom. The molecule has 146 valence electrons. The minimum atomic E-state index is -0.686. The van der Waals surface area contributed by atoms with Crippen LogP contribution < -0.4 is 5.32 Å². The van der Waals surface area contributed by atoms with Gasteiger partial charge in [0.2, 0.25) is 5.91 Å². The van der Waals surface area contributed by atoms with Crippen molar-refractivity contribution in [3.63, 3.8) is 0 Å². The number of nitrogens with one attached hydrogen (secondary N) is 1. The quantitative estimate of drug-likeness (QED) is 0.629. The first-order valence-electron chi connectivity index (χ1n) is 10.5. The zero-order valence-electron chi connectivity index (χ0n) is 16.5. The predicted molar refractivity (Wildman–Crippen MR) is 101 cm³/mol. The molecule has 1 unspecified atom stereocenters. The number of hydrogen-bond donors (Lipinski definition) is 3. The lowest BCUT2D eigenvalue weighted by molar-refractivity contribution is -0.211. The third kappa shape index (κ3) is 2.44. The molecule has 0 saturated heterocycles. The van der Waals surface area contributed by atoms with Crippen LogP contribution in [0.1, 0.15) is 65.7 Å². The Morgan fingerprint density at radius 3 is 2.50 bits per heavy atom. The van der Waals surface area contributed by atoms with Crippen molar-refractivity contribution >= 4 is 5.91 Å². The first-order valence-corrected chi connectivity index (χ1v) is 10.5. The van der Waals surface area contributed by atoms with E-state index in [4.69, 9.17) is 0 Å². The maximum Gasteiger partial charge on any atom is 0.217 e. The maximum absolute atomic E-state index is 11.5. The van der Waals surface area contributed by atoms with Crippen molar-refractivity contribution in [1.29, 1.82) is 0 Å². The van der Waals surface area contributed by atoms with Gasteiger partial charge in [-0.25, -0.2) is 0 Å². The van der Waals surface area contributed by atoms with Crippen LogP contribution in [0.25, 0.3) is 0 Å². The molecule has 4 saturated carbocycles. The van der Waals surface area contributed by atoms with Crippen molar-refractivity contribution in [2.75, 3.05) is 0 Å². The fourth-order valence-corrected chi connectivity index (χ4v) is 7.59. The average Bonchev–Trinajstić information content (AvgIpc) is 2.88. The molecule has 4 heteroatoms. The lowest BCUT2D eigenvalue weighted by Gasteiger charge is -2.63. The summed E-state index contributed by atoms with van der Waals surface area (Å²) < 4.78 is 0. The van der Waals surface area contributed by atoms with Gasteiger partial charge in [-0.1, -0.05) is 26.0 Å². The zero-order valence-corrected chi connectivity index (χ0v) is 16.5. The van der Waals surface area contributed by atoms with E-state index in [1.54, 1.807) is 6.92 Å². The van der Waals surface area contributed by atoms with Gasteiger partial charge in [-0.3, -0.25) is 4.79 Å². The largest absolute Gasteiger partial charge is 0.390 e. The van der Waals surface area contributed by atoms with Gasteiger partial charge in [-0.05, 0) is 79.4 Å². The van der Waals surface area contributed by atoms with Crippen molar-refractivity contribution in [3.05, 3.63) is 12.2 Å². The van der Waals surface area contributed by atoms with Gasteiger partial charge in [0, 0.05) is 13.0 Å². The summed E-state index contributed by atoms with van der Waals surface area (Å²) in [5.41, 5.74) is 1.55. The van der Waals surface area contributed by atoms with Crippen LogP contribution in [0.5, 0.6) is 0 Å². The molecule has 3 N–H and O–H groups in total. The number of carbonyl (C=O) groups is 1. The first kappa shape index (κ1) is 18.5. The molecule has 0 aromatic rings. The number of aliphatic hydroxyl groups excluding tert-OH is 2. The standard InChI is InChI=1S/C22H35NO3/c1-12-5-6-15-18-16(8-10-21(12,15)3)22(4)9-7-14(23-13(2)24)11-17(22)19(25)20(18)26/h14-20,25-26H,1,5-11H2,2-4H3,(H,23,24)/t14-,15-,16-,17+,18?,19+,20+,21+,22+/m0/s1. The normalized spacial score (nSPS) is 53.4. The predicted octanol–water partition coefficient (Wildman–Crippen LogP) is 3.03. The maximum atomic E-state index is 11.5. The fourth-order valence-electron chi connectivity index (χ4n) is 7.59. The highest BCUT2D eigenvalue weighted by Crippen LogP contribution is 2.67. The first-order chi connectivity index (χ1) is 12.2. The van der Waals surface area contributed by atoms with Crippen LogP contribution in [-0.2, 0) is 4.79 Å². The molecule has 9 atom stereocenters. The average molecular weight is 362 g/mol. The molecule has 26 heavy (non-hydrogen) atoms. The Balaban J connectivity index is 1.64. The van der Waals surface area contributed by atoms with Crippen LogP contribution in [0.15, 0.2) is 12.2 Å². The van der Waals surface area contributed by atoms with Crippen molar-refractivity contribution in [2.24, 2.45) is 34.5 Å². The summed E-state index contributed by atoms with van der Waals surface area (Å²) in [6, 6.07) is 0.129. The van der Waals surface area contributed by atoms with Gasteiger partial charge in [-0.15, -0.1) is 0 Å². The van der Waals surface area contributed by atoms with Crippen LogP contribution in [0.4, 0.5) is 0 Å². The molecule has 0 aromatic heterocycles. The second kappa shape index (κ2) is 6.07. The smallest absolute Gasteiger partial charge is 0.217 e. The lowest BCUT2D eigenvalue weighted by Crippen LogP contribution is -2.64. The van der Waals surface area contributed by atoms with E-state index in [0.717, 1.165) is 44.9 Å². The van der Waals surface area contributed by atoms with E-state index in [2.05, 4.69) is 25.7 Å². The van der Waals surface area contributed by atoms with E-state index < -0.39 is 12.2 Å². The number of aliphatic hydroxyl groups is 2. The number of hydrogen-bond acceptors (Lipinski definition) is 3. The van der Waals surface area contributed by atoms with Gasteiger partial charge in [0.25, 0.3) is 0 Å². The van der Waals surface area contributed by atoms with Gasteiger partial charge in [0.15, 0.2) is 0 Å². The van der Waals surface area contributed by atoms with Crippen LogP contribution in [0, 0.1) is 34.5 Å². The molecule has 4 aliphatic rings. The fraction of sp³-hybridized carbons (Fsp3) is 0.864. The summed E-state index contributed by atoms with van der Waals surface area (Å²) in [5.74, 6) is 1.16. The number of fused-ring (bicyclic) bond motifs is 5. The molecule has 0 heterocycles. The van der Waals surface area contributed by atoms with Crippen molar-refractivity contribution < 1.29 is 15.0 Å². The van der Waals surface area contributed by atoms with E-state index in [1.165, 1.54) is 5.57 Å². The van der Waals surface area contributed by atoms with Gasteiger partial charge in [0.05, 0.1) is 12.2 Å². The second-order valence-electron chi connectivity index (χ2n) is 10.2. The van der Waals surface area contributed by atoms with Crippen molar-refractivity contribution in [2.45, 2.75) is 84.0 Å². The Labute approximate surface area is 157 Å². The Hall–Kier alpha value is -0.870. The lowest BCUT2D eigenvalue weighted by atomic mass is 9.43. The topological polar surface area (TPSA) is 69.6 Å². The van der Waals surface area contributed by atoms with E-state index in [-0.39, 0.29) is 34.6 Å². The molecule has 0 radical (unpaired) electrons. The zero-order chi connectivity index (χ0) is 18.9. The Bertz CT molecular complexity index is 619. The van der Waals surface area contributed by atoms with Crippen molar-refractivity contribution in [3.8, 4) is 0 Å². The summed E-state index contributed by atoms with van der Waals surface area (Å²) in [4.78, 5) is 11.5. The van der Waals surface area contributed by atoms with E-state index in [9.17, 15) is 15.0 Å².